The first kappa shape index (κ1) is 16.2. The third-order valence-corrected chi connectivity index (χ3v) is 2.88. The molecule has 112 valence electrons. The minimum atomic E-state index is -0.804. The second-order valence-corrected chi connectivity index (χ2v) is 5.35. The van der Waals surface area contributed by atoms with Gasteiger partial charge in [0.25, 0.3) is 5.91 Å². The standard InChI is InChI=1S/C14H23N3O3/c1-10(2)8-11-9-12(17(3)16-11)14(20)15-7-5-4-6-13(18)19/h9-10H,4-8H2,1-3H3,(H,15,20)(H,18,19). The van der Waals surface area contributed by atoms with Crippen molar-refractivity contribution in [2.24, 2.45) is 13.0 Å². The average Bonchev–Trinajstić information content (AvgIpc) is 2.68. The summed E-state index contributed by atoms with van der Waals surface area (Å²) in [6, 6.07) is 1.81. The Morgan fingerprint density at radius 3 is 2.70 bits per heavy atom. The molecule has 6 heteroatoms. The van der Waals surface area contributed by atoms with E-state index in [0.717, 1.165) is 12.1 Å². The van der Waals surface area contributed by atoms with Crippen LogP contribution in [0.15, 0.2) is 6.07 Å². The van der Waals surface area contributed by atoms with Crippen LogP contribution in [0.25, 0.3) is 0 Å². The summed E-state index contributed by atoms with van der Waals surface area (Å²) in [5.74, 6) is -0.469. The number of carbonyl (C=O) groups is 2. The van der Waals surface area contributed by atoms with Crippen LogP contribution in [0.4, 0.5) is 0 Å². The van der Waals surface area contributed by atoms with Crippen molar-refractivity contribution < 1.29 is 14.7 Å². The van der Waals surface area contributed by atoms with E-state index in [1.165, 1.54) is 0 Å². The first-order valence-electron chi connectivity index (χ1n) is 6.93. The van der Waals surface area contributed by atoms with Gasteiger partial charge >= 0.3 is 5.97 Å². The van der Waals surface area contributed by atoms with Gasteiger partial charge in [0.15, 0.2) is 0 Å². The molecule has 0 saturated carbocycles. The summed E-state index contributed by atoms with van der Waals surface area (Å²) in [5, 5.41) is 15.6. The lowest BCUT2D eigenvalue weighted by Crippen LogP contribution is -2.26. The highest BCUT2D eigenvalue weighted by Crippen LogP contribution is 2.09. The van der Waals surface area contributed by atoms with E-state index in [4.69, 9.17) is 5.11 Å². The van der Waals surface area contributed by atoms with Crippen LogP contribution in [0.5, 0.6) is 0 Å². The zero-order valence-corrected chi connectivity index (χ0v) is 12.3. The molecule has 0 aromatic carbocycles. The van der Waals surface area contributed by atoms with Crippen LogP contribution in [0, 0.1) is 5.92 Å². The number of aromatic nitrogens is 2. The van der Waals surface area contributed by atoms with Crippen LogP contribution in [-0.2, 0) is 18.3 Å². The van der Waals surface area contributed by atoms with E-state index < -0.39 is 5.97 Å². The summed E-state index contributed by atoms with van der Waals surface area (Å²) >= 11 is 0. The normalized spacial score (nSPS) is 10.8. The number of carbonyl (C=O) groups excluding carboxylic acids is 1. The Kier molecular flexibility index (Phi) is 6.21. The zero-order valence-electron chi connectivity index (χ0n) is 12.3. The van der Waals surface area contributed by atoms with Crippen LogP contribution >= 0.6 is 0 Å². The third kappa shape index (κ3) is 5.42. The number of carboxylic acids is 1. The molecule has 0 spiro atoms. The second-order valence-electron chi connectivity index (χ2n) is 5.35. The molecule has 0 saturated heterocycles. The van der Waals surface area contributed by atoms with Gasteiger partial charge in [0.2, 0.25) is 0 Å². The number of unbranched alkanes of at least 4 members (excludes halogenated alkanes) is 1. The molecule has 0 aliphatic carbocycles. The van der Waals surface area contributed by atoms with Gasteiger partial charge in [-0.3, -0.25) is 14.3 Å². The third-order valence-electron chi connectivity index (χ3n) is 2.88. The average molecular weight is 281 g/mol. The molecule has 0 atom stereocenters. The minimum Gasteiger partial charge on any atom is -0.481 e. The molecule has 0 unspecified atom stereocenters. The number of amides is 1. The fourth-order valence-electron chi connectivity index (χ4n) is 1.95. The highest BCUT2D eigenvalue weighted by atomic mass is 16.4. The molecular formula is C14H23N3O3. The molecule has 1 amide bonds. The van der Waals surface area contributed by atoms with E-state index >= 15 is 0 Å². The molecule has 6 nitrogen and oxygen atoms in total. The monoisotopic (exact) mass is 281 g/mol. The van der Waals surface area contributed by atoms with Gasteiger partial charge in [0.1, 0.15) is 5.69 Å². The number of aryl methyl sites for hydroxylation is 1. The van der Waals surface area contributed by atoms with Crippen molar-refractivity contribution in [3.63, 3.8) is 0 Å². The smallest absolute Gasteiger partial charge is 0.303 e. The van der Waals surface area contributed by atoms with E-state index in [1.54, 1.807) is 11.7 Å². The van der Waals surface area contributed by atoms with Crippen molar-refractivity contribution in [1.29, 1.82) is 0 Å². The van der Waals surface area contributed by atoms with Gasteiger partial charge in [-0.2, -0.15) is 5.10 Å². The van der Waals surface area contributed by atoms with Gasteiger partial charge in [0.05, 0.1) is 5.69 Å². The van der Waals surface area contributed by atoms with Gasteiger partial charge in [-0.25, -0.2) is 0 Å². The molecule has 2 N–H and O–H groups in total. The molecule has 1 rings (SSSR count). The topological polar surface area (TPSA) is 84.2 Å². The number of nitrogens with one attached hydrogen (secondary N) is 1. The summed E-state index contributed by atoms with van der Waals surface area (Å²) in [5.41, 5.74) is 1.46. The second kappa shape index (κ2) is 7.67. The minimum absolute atomic E-state index is 0.139. The molecule has 0 aliphatic heterocycles. The lowest BCUT2D eigenvalue weighted by atomic mass is 10.1. The van der Waals surface area contributed by atoms with Gasteiger partial charge in [-0.1, -0.05) is 13.8 Å². The zero-order chi connectivity index (χ0) is 15.1. The molecule has 0 fully saturated rings. The lowest BCUT2D eigenvalue weighted by molar-refractivity contribution is -0.137. The number of hydrogen-bond donors (Lipinski definition) is 2. The number of hydrogen-bond acceptors (Lipinski definition) is 3. The fourth-order valence-corrected chi connectivity index (χ4v) is 1.95. The first-order chi connectivity index (χ1) is 9.40. The van der Waals surface area contributed by atoms with Gasteiger partial charge < -0.3 is 10.4 Å². The number of nitrogens with zero attached hydrogens (tertiary/aromatic N) is 2. The summed E-state index contributed by atoms with van der Waals surface area (Å²) < 4.78 is 1.59. The van der Waals surface area contributed by atoms with Crippen LogP contribution in [0.1, 0.15) is 49.3 Å². The Morgan fingerprint density at radius 2 is 2.10 bits per heavy atom. The van der Waals surface area contributed by atoms with Crippen molar-refractivity contribution in [1.82, 2.24) is 15.1 Å². The number of rotatable bonds is 8. The maximum absolute atomic E-state index is 12.0. The molecular weight excluding hydrogens is 258 g/mol. The van der Waals surface area contributed by atoms with Crippen LogP contribution in [0.2, 0.25) is 0 Å². The largest absolute Gasteiger partial charge is 0.481 e. The Labute approximate surface area is 119 Å². The van der Waals surface area contributed by atoms with Crippen molar-refractivity contribution in [2.45, 2.75) is 39.5 Å². The molecule has 1 aromatic heterocycles. The van der Waals surface area contributed by atoms with Crippen molar-refractivity contribution in [2.75, 3.05) is 6.54 Å². The van der Waals surface area contributed by atoms with Crippen LogP contribution in [-0.4, -0.2) is 33.3 Å². The SMILES string of the molecule is CC(C)Cc1cc(C(=O)NCCCCC(=O)O)n(C)n1. The highest BCUT2D eigenvalue weighted by Gasteiger charge is 2.13. The predicted molar refractivity (Wildman–Crippen MR) is 75.6 cm³/mol. The molecule has 1 heterocycles. The molecule has 20 heavy (non-hydrogen) atoms. The fraction of sp³-hybridized carbons (Fsp3) is 0.643. The predicted octanol–water partition coefficient (Wildman–Crippen LogP) is 1.60. The maximum Gasteiger partial charge on any atom is 0.303 e. The lowest BCUT2D eigenvalue weighted by Gasteiger charge is -2.04. The Bertz CT molecular complexity index is 466. The van der Waals surface area contributed by atoms with Crippen LogP contribution < -0.4 is 5.32 Å². The summed E-state index contributed by atoms with van der Waals surface area (Å²) in [6.07, 6.45) is 2.22. The Morgan fingerprint density at radius 1 is 1.40 bits per heavy atom. The van der Waals surface area contributed by atoms with Crippen molar-refractivity contribution in [3.05, 3.63) is 17.5 Å². The first-order valence-corrected chi connectivity index (χ1v) is 6.93. The van der Waals surface area contributed by atoms with E-state index in [2.05, 4.69) is 24.3 Å². The quantitative estimate of drug-likeness (QED) is 0.709. The summed E-state index contributed by atoms with van der Waals surface area (Å²) in [6.45, 7) is 4.70. The van der Waals surface area contributed by atoms with Gasteiger partial charge in [0, 0.05) is 20.0 Å². The van der Waals surface area contributed by atoms with Crippen LogP contribution in [0.3, 0.4) is 0 Å². The van der Waals surface area contributed by atoms with E-state index in [-0.39, 0.29) is 12.3 Å². The van der Waals surface area contributed by atoms with Gasteiger partial charge in [-0.05, 0) is 31.2 Å². The van der Waals surface area contributed by atoms with E-state index in [1.807, 2.05) is 6.07 Å². The molecule has 0 aliphatic rings. The van der Waals surface area contributed by atoms with Crippen molar-refractivity contribution in [3.8, 4) is 0 Å². The maximum atomic E-state index is 12.0. The van der Waals surface area contributed by atoms with E-state index in [9.17, 15) is 9.59 Å². The summed E-state index contributed by atoms with van der Waals surface area (Å²) in [7, 11) is 1.75. The summed E-state index contributed by atoms with van der Waals surface area (Å²) in [4.78, 5) is 22.3. The Hall–Kier alpha value is -1.85. The molecule has 0 bridgehead atoms. The number of aliphatic carboxylic acids is 1. The molecule has 0 radical (unpaired) electrons. The molecule has 1 aromatic rings. The van der Waals surface area contributed by atoms with E-state index in [0.29, 0.717) is 31.0 Å². The number of carboxylic acid groups (broad SMARTS) is 1. The highest BCUT2D eigenvalue weighted by molar-refractivity contribution is 5.92. The van der Waals surface area contributed by atoms with Gasteiger partial charge in [-0.15, -0.1) is 0 Å². The van der Waals surface area contributed by atoms with Crippen molar-refractivity contribution >= 4 is 11.9 Å². The Balaban J connectivity index is 2.43.